The van der Waals surface area contributed by atoms with Gasteiger partial charge in [0.25, 0.3) is 0 Å². The van der Waals surface area contributed by atoms with Gasteiger partial charge in [-0.05, 0) is 82.4 Å². The van der Waals surface area contributed by atoms with Gasteiger partial charge in [0.05, 0.1) is 0 Å². The average molecular weight is 627 g/mol. The Labute approximate surface area is 287 Å². The van der Waals surface area contributed by atoms with E-state index in [1.165, 1.54) is 76.5 Å². The van der Waals surface area contributed by atoms with Crippen molar-refractivity contribution in [3.05, 3.63) is 192 Å². The van der Waals surface area contributed by atoms with E-state index in [4.69, 9.17) is 5.32 Å². The van der Waals surface area contributed by atoms with E-state index in [1.54, 1.807) is 0 Å². The second-order valence-corrected chi connectivity index (χ2v) is 13.4. The minimum Gasteiger partial charge on any atom is -0.674 e. The highest BCUT2D eigenvalue weighted by Gasteiger charge is 2.19. The molecule has 0 saturated carbocycles. The summed E-state index contributed by atoms with van der Waals surface area (Å²) in [6.45, 7) is 4.57. The van der Waals surface area contributed by atoms with Crippen LogP contribution in [0, 0.1) is 0 Å². The molecule has 8 aromatic carbocycles. The van der Waals surface area contributed by atoms with Crippen molar-refractivity contribution in [2.45, 2.75) is 25.8 Å². The summed E-state index contributed by atoms with van der Waals surface area (Å²) in [4.78, 5) is 0. The van der Waals surface area contributed by atoms with Crippen molar-refractivity contribution in [2.24, 2.45) is 0 Å². The maximum Gasteiger partial charge on any atom is -0.00201 e. The van der Waals surface area contributed by atoms with E-state index in [9.17, 15) is 0 Å². The highest BCUT2D eigenvalue weighted by Crippen LogP contribution is 2.46. The van der Waals surface area contributed by atoms with E-state index in [-0.39, 0.29) is 6.04 Å². The van der Waals surface area contributed by atoms with Crippen molar-refractivity contribution in [3.8, 4) is 22.3 Å². The van der Waals surface area contributed by atoms with Crippen LogP contribution in [-0.4, -0.2) is 0 Å². The summed E-state index contributed by atoms with van der Waals surface area (Å²) in [6.07, 6.45) is 6.45. The minimum atomic E-state index is -0.00426. The molecule has 1 aliphatic heterocycles. The van der Waals surface area contributed by atoms with Crippen molar-refractivity contribution in [3.63, 3.8) is 0 Å². The molecule has 1 heteroatoms. The molecule has 0 fully saturated rings. The summed E-state index contributed by atoms with van der Waals surface area (Å²) in [5, 5.41) is 15.4. The predicted molar refractivity (Wildman–Crippen MR) is 211 cm³/mol. The first-order chi connectivity index (χ1) is 24.1. The number of hydrogen-bond donors (Lipinski definition) is 0. The molecule has 0 bridgehead atoms. The van der Waals surface area contributed by atoms with Crippen LogP contribution in [0.25, 0.3) is 76.4 Å². The molecule has 0 saturated heterocycles. The lowest BCUT2D eigenvalue weighted by Gasteiger charge is -2.36. The zero-order valence-corrected chi connectivity index (χ0v) is 27.8. The lowest BCUT2D eigenvalue weighted by molar-refractivity contribution is 0.876. The van der Waals surface area contributed by atoms with Crippen LogP contribution >= 0.6 is 0 Å². The quantitative estimate of drug-likeness (QED) is 0.169. The first-order valence-electron chi connectivity index (χ1n) is 17.3. The summed E-state index contributed by atoms with van der Waals surface area (Å²) >= 11 is 0. The van der Waals surface area contributed by atoms with Crippen LogP contribution in [0.4, 0.5) is 0 Å². The van der Waals surface area contributed by atoms with Crippen molar-refractivity contribution in [1.82, 2.24) is 0 Å². The molecule has 0 radical (unpaired) electrons. The SMILES string of the molecule is CC(C)c1ccc(-c2c3ccccc3c(-c3ccc(C4=CC=CC(c5ccc6ccccc6c5)[N-]4)cc3)c3ccccc23)c2ccccc12. The first kappa shape index (κ1) is 29.2. The van der Waals surface area contributed by atoms with Gasteiger partial charge >= 0.3 is 0 Å². The van der Waals surface area contributed by atoms with Crippen molar-refractivity contribution < 1.29 is 0 Å². The Morgan fingerprint density at radius 3 is 1.73 bits per heavy atom. The maximum absolute atomic E-state index is 5.19. The van der Waals surface area contributed by atoms with Gasteiger partial charge in [0.2, 0.25) is 0 Å². The fourth-order valence-electron chi connectivity index (χ4n) is 7.82. The number of nitrogens with zero attached hydrogens (tertiary/aromatic N) is 1. The second kappa shape index (κ2) is 12.0. The molecule has 1 nitrogen and oxygen atoms in total. The van der Waals surface area contributed by atoms with Crippen LogP contribution in [0.1, 0.15) is 42.5 Å². The zero-order chi connectivity index (χ0) is 32.9. The zero-order valence-electron chi connectivity index (χ0n) is 27.8. The summed E-state index contributed by atoms with van der Waals surface area (Å²) in [5.74, 6) is 0.454. The van der Waals surface area contributed by atoms with Gasteiger partial charge in [-0.25, -0.2) is 0 Å². The highest BCUT2D eigenvalue weighted by atomic mass is 14.9. The minimum absolute atomic E-state index is 0.00426. The Hall–Kier alpha value is -5.92. The van der Waals surface area contributed by atoms with Crippen molar-refractivity contribution >= 4 is 48.8 Å². The Bertz CT molecular complexity index is 2540. The van der Waals surface area contributed by atoms with Gasteiger partial charge in [0.1, 0.15) is 0 Å². The van der Waals surface area contributed by atoms with E-state index < -0.39 is 0 Å². The van der Waals surface area contributed by atoms with Gasteiger partial charge in [-0.2, -0.15) is 0 Å². The largest absolute Gasteiger partial charge is 0.674 e. The molecular weight excluding hydrogens is 591 g/mol. The maximum atomic E-state index is 5.19. The number of fused-ring (bicyclic) bond motifs is 4. The molecule has 0 amide bonds. The van der Waals surface area contributed by atoms with E-state index in [2.05, 4.69) is 184 Å². The Morgan fingerprint density at radius 1 is 0.490 bits per heavy atom. The van der Waals surface area contributed by atoms with Gasteiger partial charge in [0.15, 0.2) is 0 Å². The number of allylic oxidation sites excluding steroid dienone is 2. The second-order valence-electron chi connectivity index (χ2n) is 13.4. The Morgan fingerprint density at radius 2 is 1.06 bits per heavy atom. The molecule has 0 aromatic heterocycles. The molecule has 0 aliphatic carbocycles. The standard InChI is InChI=1S/C48H36N/c1-31(2)37-28-29-44(39-15-6-5-14-38(37)39)48-42-18-9-7-16-40(42)47(41-17-8-10-19-43(41)48)34-25-23-33(24-26-34)45-20-11-21-46(49-45)36-27-22-32-12-3-4-13-35(32)30-36/h3-31,46H,1-2H3/q-1. The van der Waals surface area contributed by atoms with E-state index in [1.807, 2.05) is 0 Å². The van der Waals surface area contributed by atoms with Gasteiger partial charge < -0.3 is 5.32 Å². The van der Waals surface area contributed by atoms with E-state index >= 15 is 0 Å². The third-order valence-electron chi connectivity index (χ3n) is 10.2. The third kappa shape index (κ3) is 5.02. The normalized spacial score (nSPS) is 14.5. The molecule has 0 N–H and O–H groups in total. The average Bonchev–Trinajstić information content (AvgIpc) is 3.16. The molecule has 8 aromatic rings. The summed E-state index contributed by atoms with van der Waals surface area (Å²) in [5.41, 5.74) is 9.80. The molecule has 1 aliphatic rings. The van der Waals surface area contributed by atoms with Crippen molar-refractivity contribution in [2.75, 3.05) is 0 Å². The van der Waals surface area contributed by atoms with E-state index in [0.717, 1.165) is 11.3 Å². The summed E-state index contributed by atoms with van der Waals surface area (Å²) < 4.78 is 0. The number of benzene rings is 8. The molecule has 1 heterocycles. The molecule has 1 unspecified atom stereocenters. The van der Waals surface area contributed by atoms with Gasteiger partial charge in [-0.15, -0.1) is 5.70 Å². The first-order valence-corrected chi connectivity index (χ1v) is 17.3. The molecule has 9 rings (SSSR count). The molecule has 234 valence electrons. The summed E-state index contributed by atoms with van der Waals surface area (Å²) in [7, 11) is 0. The Kier molecular flexibility index (Phi) is 7.13. The number of rotatable bonds is 5. The lowest BCUT2D eigenvalue weighted by Crippen LogP contribution is -1.99. The van der Waals surface area contributed by atoms with Gasteiger partial charge in [-0.3, -0.25) is 0 Å². The van der Waals surface area contributed by atoms with Crippen LogP contribution in [0.5, 0.6) is 0 Å². The molecule has 49 heavy (non-hydrogen) atoms. The molecule has 1 atom stereocenters. The Balaban J connectivity index is 1.14. The van der Waals surface area contributed by atoms with Crippen molar-refractivity contribution in [1.29, 1.82) is 0 Å². The van der Waals surface area contributed by atoms with Crippen LogP contribution in [0.2, 0.25) is 0 Å². The van der Waals surface area contributed by atoms with Crippen LogP contribution in [-0.2, 0) is 0 Å². The topological polar surface area (TPSA) is 14.1 Å². The van der Waals surface area contributed by atoms with E-state index in [0.29, 0.717) is 5.92 Å². The number of hydrogen-bond acceptors (Lipinski definition) is 0. The van der Waals surface area contributed by atoms with Gasteiger partial charge in [-0.1, -0.05) is 195 Å². The van der Waals surface area contributed by atoms with Gasteiger partial charge in [0, 0.05) is 0 Å². The smallest absolute Gasteiger partial charge is 0.00201 e. The predicted octanol–water partition coefficient (Wildman–Crippen LogP) is 13.8. The molecule has 0 spiro atoms. The fraction of sp³-hybridized carbons (Fsp3) is 0.0833. The fourth-order valence-corrected chi connectivity index (χ4v) is 7.82. The van der Waals surface area contributed by atoms with Crippen LogP contribution in [0.3, 0.4) is 0 Å². The van der Waals surface area contributed by atoms with Crippen LogP contribution < -0.4 is 0 Å². The van der Waals surface area contributed by atoms with Crippen LogP contribution in [0.15, 0.2) is 170 Å². The highest BCUT2D eigenvalue weighted by molar-refractivity contribution is 6.23. The summed E-state index contributed by atoms with van der Waals surface area (Å²) in [6, 6.07) is 55.6. The lowest BCUT2D eigenvalue weighted by atomic mass is 9.83. The monoisotopic (exact) mass is 626 g/mol. The third-order valence-corrected chi connectivity index (χ3v) is 10.2. The molecular formula is C48H36N-.